The van der Waals surface area contributed by atoms with Crippen LogP contribution in [0.4, 0.5) is 0 Å². The van der Waals surface area contributed by atoms with E-state index in [1.807, 2.05) is 19.2 Å². The monoisotopic (exact) mass is 405 g/mol. The van der Waals surface area contributed by atoms with E-state index in [1.54, 1.807) is 6.07 Å². The van der Waals surface area contributed by atoms with Crippen LogP contribution in [0.2, 0.25) is 10.0 Å². The van der Waals surface area contributed by atoms with Crippen molar-refractivity contribution in [2.75, 3.05) is 7.05 Å². The zero-order chi connectivity index (χ0) is 14.0. The van der Waals surface area contributed by atoms with E-state index < -0.39 is 0 Å². The maximum absolute atomic E-state index is 6.32. The Bertz CT molecular complexity index is 599. The quantitative estimate of drug-likeness (QED) is 0.690. The van der Waals surface area contributed by atoms with Crippen LogP contribution >= 0.6 is 45.8 Å². The van der Waals surface area contributed by atoms with Gasteiger partial charge in [-0.05, 0) is 65.4 Å². The topological polar surface area (TPSA) is 12.0 Å². The molecule has 0 aliphatic rings. The standard InChI is InChI=1S/C15H14Cl2IN/c1-9-4-3-5-12(14(9)18)15(19-2)11-7-6-10(16)8-13(11)17/h3-8,15,19H,1-2H3. The van der Waals surface area contributed by atoms with Crippen molar-refractivity contribution in [2.24, 2.45) is 0 Å². The molecule has 0 bridgehead atoms. The summed E-state index contributed by atoms with van der Waals surface area (Å²) in [4.78, 5) is 0. The second-order valence-electron chi connectivity index (χ2n) is 4.37. The molecule has 1 atom stereocenters. The van der Waals surface area contributed by atoms with Crippen LogP contribution in [0.1, 0.15) is 22.7 Å². The smallest absolute Gasteiger partial charge is 0.0599 e. The number of halogens is 3. The van der Waals surface area contributed by atoms with E-state index in [4.69, 9.17) is 23.2 Å². The van der Waals surface area contributed by atoms with Gasteiger partial charge in [0.2, 0.25) is 0 Å². The van der Waals surface area contributed by atoms with Crippen molar-refractivity contribution >= 4 is 45.8 Å². The highest BCUT2D eigenvalue weighted by Gasteiger charge is 2.18. The Morgan fingerprint density at radius 1 is 1.11 bits per heavy atom. The Labute approximate surface area is 137 Å². The largest absolute Gasteiger partial charge is 0.309 e. The van der Waals surface area contributed by atoms with Crippen molar-refractivity contribution in [3.63, 3.8) is 0 Å². The van der Waals surface area contributed by atoms with E-state index in [-0.39, 0.29) is 6.04 Å². The molecule has 0 saturated carbocycles. The van der Waals surface area contributed by atoms with Crippen molar-refractivity contribution < 1.29 is 0 Å². The second-order valence-corrected chi connectivity index (χ2v) is 6.29. The molecule has 0 aromatic heterocycles. The first-order chi connectivity index (χ1) is 9.04. The van der Waals surface area contributed by atoms with Crippen molar-refractivity contribution in [3.05, 3.63) is 66.7 Å². The lowest BCUT2D eigenvalue weighted by Crippen LogP contribution is -2.19. The molecule has 0 saturated heterocycles. The Morgan fingerprint density at radius 3 is 2.47 bits per heavy atom. The SMILES string of the molecule is CNC(c1ccc(Cl)cc1Cl)c1cccc(C)c1I. The molecule has 1 nitrogen and oxygen atoms in total. The van der Waals surface area contributed by atoms with E-state index in [2.05, 4.69) is 53.0 Å². The van der Waals surface area contributed by atoms with E-state index in [0.717, 1.165) is 5.56 Å². The molecule has 0 aliphatic carbocycles. The summed E-state index contributed by atoms with van der Waals surface area (Å²) >= 11 is 14.7. The molecule has 1 N–H and O–H groups in total. The lowest BCUT2D eigenvalue weighted by molar-refractivity contribution is 0.688. The predicted octanol–water partition coefficient (Wildman–Crippen LogP) is 5.22. The summed E-state index contributed by atoms with van der Waals surface area (Å²) in [5.74, 6) is 0. The van der Waals surface area contributed by atoms with E-state index in [1.165, 1.54) is 14.7 Å². The van der Waals surface area contributed by atoms with Crippen molar-refractivity contribution in [1.82, 2.24) is 5.32 Å². The number of nitrogens with one attached hydrogen (secondary N) is 1. The Kier molecular flexibility index (Phi) is 5.12. The van der Waals surface area contributed by atoms with Crippen molar-refractivity contribution in [3.8, 4) is 0 Å². The van der Waals surface area contributed by atoms with Gasteiger partial charge in [0.1, 0.15) is 0 Å². The molecule has 0 amide bonds. The highest BCUT2D eigenvalue weighted by Crippen LogP contribution is 2.33. The Balaban J connectivity index is 2.53. The van der Waals surface area contributed by atoms with Crippen molar-refractivity contribution in [2.45, 2.75) is 13.0 Å². The first kappa shape index (κ1) is 15.1. The van der Waals surface area contributed by atoms with Crippen LogP contribution in [0.15, 0.2) is 36.4 Å². The van der Waals surface area contributed by atoms with Gasteiger partial charge in [0.05, 0.1) is 6.04 Å². The van der Waals surface area contributed by atoms with Crippen LogP contribution < -0.4 is 5.32 Å². The number of benzene rings is 2. The van der Waals surface area contributed by atoms with Crippen LogP contribution in [0.5, 0.6) is 0 Å². The minimum absolute atomic E-state index is 0.0663. The molecule has 0 heterocycles. The summed E-state index contributed by atoms with van der Waals surface area (Å²) < 4.78 is 1.26. The van der Waals surface area contributed by atoms with Gasteiger partial charge in [0.15, 0.2) is 0 Å². The molecule has 0 spiro atoms. The lowest BCUT2D eigenvalue weighted by Gasteiger charge is -2.21. The van der Waals surface area contributed by atoms with Crippen LogP contribution in [-0.4, -0.2) is 7.05 Å². The van der Waals surface area contributed by atoms with Gasteiger partial charge in [0, 0.05) is 13.6 Å². The van der Waals surface area contributed by atoms with Gasteiger partial charge in [-0.25, -0.2) is 0 Å². The maximum Gasteiger partial charge on any atom is 0.0599 e. The van der Waals surface area contributed by atoms with Crippen LogP contribution in [0, 0.1) is 10.5 Å². The molecule has 4 heteroatoms. The van der Waals surface area contributed by atoms with Crippen LogP contribution in [0.25, 0.3) is 0 Å². The number of hydrogen-bond acceptors (Lipinski definition) is 1. The van der Waals surface area contributed by atoms with Gasteiger partial charge >= 0.3 is 0 Å². The number of hydrogen-bond donors (Lipinski definition) is 1. The molecule has 2 aromatic carbocycles. The highest BCUT2D eigenvalue weighted by atomic mass is 127. The third-order valence-electron chi connectivity index (χ3n) is 3.09. The molecule has 100 valence electrons. The average molecular weight is 406 g/mol. The van der Waals surface area contributed by atoms with Crippen molar-refractivity contribution in [1.29, 1.82) is 0 Å². The number of aryl methyl sites for hydroxylation is 1. The minimum atomic E-state index is 0.0663. The molecule has 2 rings (SSSR count). The first-order valence-electron chi connectivity index (χ1n) is 5.92. The molecular formula is C15H14Cl2IN. The van der Waals surface area contributed by atoms with Gasteiger partial charge in [0.25, 0.3) is 0 Å². The summed E-state index contributed by atoms with van der Waals surface area (Å²) in [5, 5.41) is 4.67. The second kappa shape index (κ2) is 6.44. The summed E-state index contributed by atoms with van der Waals surface area (Å²) in [6, 6.07) is 12.0. The fourth-order valence-electron chi connectivity index (χ4n) is 2.11. The third-order valence-corrected chi connectivity index (χ3v) is 5.13. The summed E-state index contributed by atoms with van der Waals surface area (Å²) in [6.07, 6.45) is 0. The van der Waals surface area contributed by atoms with E-state index in [0.29, 0.717) is 10.0 Å². The zero-order valence-corrected chi connectivity index (χ0v) is 14.3. The Morgan fingerprint density at radius 2 is 1.84 bits per heavy atom. The fraction of sp³-hybridized carbons (Fsp3) is 0.200. The maximum atomic E-state index is 6.32. The molecule has 2 aromatic rings. The normalized spacial score (nSPS) is 12.5. The molecule has 0 radical (unpaired) electrons. The van der Waals surface area contributed by atoms with Gasteiger partial charge in [-0.3, -0.25) is 0 Å². The van der Waals surface area contributed by atoms with Gasteiger partial charge in [-0.1, -0.05) is 47.5 Å². The van der Waals surface area contributed by atoms with Gasteiger partial charge in [-0.2, -0.15) is 0 Å². The highest BCUT2D eigenvalue weighted by molar-refractivity contribution is 14.1. The average Bonchev–Trinajstić information content (AvgIpc) is 2.37. The van der Waals surface area contributed by atoms with Gasteiger partial charge in [-0.15, -0.1) is 0 Å². The van der Waals surface area contributed by atoms with E-state index >= 15 is 0 Å². The fourth-order valence-corrected chi connectivity index (χ4v) is 3.30. The van der Waals surface area contributed by atoms with Crippen LogP contribution in [-0.2, 0) is 0 Å². The number of rotatable bonds is 3. The third kappa shape index (κ3) is 3.24. The first-order valence-corrected chi connectivity index (χ1v) is 7.75. The van der Waals surface area contributed by atoms with E-state index in [9.17, 15) is 0 Å². The molecule has 19 heavy (non-hydrogen) atoms. The zero-order valence-electron chi connectivity index (χ0n) is 10.7. The molecule has 0 aliphatic heterocycles. The summed E-state index contributed by atoms with van der Waals surface area (Å²) in [5.41, 5.74) is 3.54. The predicted molar refractivity (Wildman–Crippen MR) is 91.3 cm³/mol. The minimum Gasteiger partial charge on any atom is -0.309 e. The summed E-state index contributed by atoms with van der Waals surface area (Å²) in [7, 11) is 1.94. The molecule has 1 unspecified atom stereocenters. The Hall–Kier alpha value is -0.290. The van der Waals surface area contributed by atoms with Gasteiger partial charge < -0.3 is 5.32 Å². The lowest BCUT2D eigenvalue weighted by atomic mass is 9.97. The molecular weight excluding hydrogens is 392 g/mol. The molecule has 0 fully saturated rings. The summed E-state index contributed by atoms with van der Waals surface area (Å²) in [6.45, 7) is 2.11. The van der Waals surface area contributed by atoms with Crippen LogP contribution in [0.3, 0.4) is 0 Å².